The number of para-hydroxylation sites is 2. The second-order valence-electron chi connectivity index (χ2n) is 10.3. The molecule has 3 amide bonds. The van der Waals surface area contributed by atoms with Crippen LogP contribution in [0.4, 0.5) is 23.7 Å². The molecule has 3 aromatic carbocycles. The van der Waals surface area contributed by atoms with Crippen molar-refractivity contribution in [1.82, 2.24) is 14.8 Å². The molecule has 0 unspecified atom stereocenters. The predicted molar refractivity (Wildman–Crippen MR) is 162 cm³/mol. The van der Waals surface area contributed by atoms with Gasteiger partial charge in [0.1, 0.15) is 6.54 Å². The molecular weight excluding hydrogens is 557 g/mol. The standard InChI is InChI=1S/C33H37F3N4O3/c1-3-25-9-4-6-11-29(25)38-32(42)40(18-8-20-43-2)23-31(41)39(22-24-13-15-27(16-14-24)33(34,35)36)19-17-26-21-37-30-12-7-5-10-28(26)30/h4-7,9-16,21,37H,3,8,17-20,22-23H2,1-2H3,(H,38,42). The molecule has 2 N–H and O–H groups in total. The number of amides is 3. The van der Waals surface area contributed by atoms with Crippen molar-refractivity contribution in [3.8, 4) is 0 Å². The molecule has 43 heavy (non-hydrogen) atoms. The fourth-order valence-electron chi connectivity index (χ4n) is 4.97. The van der Waals surface area contributed by atoms with Crippen LogP contribution in [0.3, 0.4) is 0 Å². The van der Waals surface area contributed by atoms with Gasteiger partial charge in [0.25, 0.3) is 0 Å². The number of hydrogen-bond donors (Lipinski definition) is 2. The highest BCUT2D eigenvalue weighted by atomic mass is 19.4. The molecular formula is C33H37F3N4O3. The number of benzene rings is 3. The molecule has 7 nitrogen and oxygen atoms in total. The predicted octanol–water partition coefficient (Wildman–Crippen LogP) is 6.89. The number of halogens is 3. The smallest absolute Gasteiger partial charge is 0.385 e. The van der Waals surface area contributed by atoms with Crippen molar-refractivity contribution in [2.24, 2.45) is 0 Å². The first-order valence-electron chi connectivity index (χ1n) is 14.3. The first-order valence-corrected chi connectivity index (χ1v) is 14.3. The SMILES string of the molecule is CCc1ccccc1NC(=O)N(CCCOC)CC(=O)N(CCc1c[nH]c2ccccc12)Cc1ccc(C(F)(F)F)cc1. The summed E-state index contributed by atoms with van der Waals surface area (Å²) in [5.74, 6) is -0.309. The molecule has 4 rings (SSSR count). The Morgan fingerprint density at radius 2 is 1.63 bits per heavy atom. The van der Waals surface area contributed by atoms with Crippen molar-refractivity contribution in [1.29, 1.82) is 0 Å². The normalized spacial score (nSPS) is 11.5. The molecule has 228 valence electrons. The van der Waals surface area contributed by atoms with Crippen LogP contribution in [-0.2, 0) is 35.1 Å². The molecule has 1 heterocycles. The zero-order valence-electron chi connectivity index (χ0n) is 24.4. The van der Waals surface area contributed by atoms with Gasteiger partial charge in [-0.1, -0.05) is 55.5 Å². The van der Waals surface area contributed by atoms with Crippen molar-refractivity contribution >= 4 is 28.5 Å². The fraction of sp³-hybridized carbons (Fsp3) is 0.333. The second-order valence-corrected chi connectivity index (χ2v) is 10.3. The quantitative estimate of drug-likeness (QED) is 0.166. The van der Waals surface area contributed by atoms with Gasteiger partial charge in [0, 0.05) is 56.1 Å². The van der Waals surface area contributed by atoms with Crippen LogP contribution < -0.4 is 5.32 Å². The summed E-state index contributed by atoms with van der Waals surface area (Å²) in [7, 11) is 1.57. The van der Waals surface area contributed by atoms with Gasteiger partial charge < -0.3 is 24.8 Å². The summed E-state index contributed by atoms with van der Waals surface area (Å²) < 4.78 is 44.6. The van der Waals surface area contributed by atoms with E-state index in [1.54, 1.807) is 12.0 Å². The Morgan fingerprint density at radius 3 is 2.35 bits per heavy atom. The number of urea groups is 1. The fourth-order valence-corrected chi connectivity index (χ4v) is 4.97. The molecule has 0 fully saturated rings. The maximum atomic E-state index is 13.8. The minimum Gasteiger partial charge on any atom is -0.385 e. The number of aromatic nitrogens is 1. The minimum absolute atomic E-state index is 0.103. The molecule has 10 heteroatoms. The summed E-state index contributed by atoms with van der Waals surface area (Å²) in [5.41, 5.74) is 3.47. The number of hydrogen-bond acceptors (Lipinski definition) is 3. The Kier molecular flexibility index (Phi) is 10.8. The van der Waals surface area contributed by atoms with E-state index in [4.69, 9.17) is 4.74 Å². The number of rotatable bonds is 13. The average molecular weight is 595 g/mol. The van der Waals surface area contributed by atoms with Gasteiger partial charge in [-0.25, -0.2) is 4.79 Å². The van der Waals surface area contributed by atoms with Crippen molar-refractivity contribution in [3.05, 3.63) is 101 Å². The largest absolute Gasteiger partial charge is 0.416 e. The number of H-pyrrole nitrogens is 1. The van der Waals surface area contributed by atoms with Crippen LogP contribution in [0, 0.1) is 0 Å². The van der Waals surface area contributed by atoms with Gasteiger partial charge in [-0.3, -0.25) is 4.79 Å². The van der Waals surface area contributed by atoms with Crippen LogP contribution in [0.25, 0.3) is 10.9 Å². The zero-order valence-corrected chi connectivity index (χ0v) is 24.4. The number of nitrogens with one attached hydrogen (secondary N) is 2. The number of fused-ring (bicyclic) bond motifs is 1. The molecule has 0 spiro atoms. The molecule has 1 aromatic heterocycles. The third kappa shape index (κ3) is 8.61. The Hall–Kier alpha value is -4.31. The Morgan fingerprint density at radius 1 is 0.907 bits per heavy atom. The molecule has 4 aromatic rings. The van der Waals surface area contributed by atoms with E-state index in [9.17, 15) is 22.8 Å². The van der Waals surface area contributed by atoms with Crippen molar-refractivity contribution in [2.45, 2.75) is 38.9 Å². The lowest BCUT2D eigenvalue weighted by Gasteiger charge is -2.28. The Labute approximate surface area is 249 Å². The van der Waals surface area contributed by atoms with Crippen molar-refractivity contribution in [3.63, 3.8) is 0 Å². The van der Waals surface area contributed by atoms with Crippen LogP contribution >= 0.6 is 0 Å². The average Bonchev–Trinajstić information content (AvgIpc) is 3.41. The van der Waals surface area contributed by atoms with Crippen LogP contribution in [0.1, 0.15) is 35.6 Å². The minimum atomic E-state index is -4.45. The zero-order chi connectivity index (χ0) is 30.8. The highest BCUT2D eigenvalue weighted by Crippen LogP contribution is 2.29. The molecule has 0 bridgehead atoms. The van der Waals surface area contributed by atoms with E-state index in [1.807, 2.05) is 61.7 Å². The van der Waals surface area contributed by atoms with Crippen LogP contribution in [-0.4, -0.2) is 60.1 Å². The first kappa shape index (κ1) is 31.6. The molecule has 0 aliphatic rings. The van der Waals surface area contributed by atoms with Crippen molar-refractivity contribution in [2.75, 3.05) is 38.7 Å². The van der Waals surface area contributed by atoms with Crippen molar-refractivity contribution < 1.29 is 27.5 Å². The van der Waals surface area contributed by atoms with E-state index >= 15 is 0 Å². The number of carbonyl (C=O) groups excluding carboxylic acids is 2. The van der Waals surface area contributed by atoms with Gasteiger partial charge in [0.05, 0.1) is 5.56 Å². The van der Waals surface area contributed by atoms with E-state index in [2.05, 4.69) is 10.3 Å². The van der Waals surface area contributed by atoms with Gasteiger partial charge >= 0.3 is 12.2 Å². The molecule has 0 atom stereocenters. The lowest BCUT2D eigenvalue weighted by molar-refractivity contribution is -0.137. The number of alkyl halides is 3. The van der Waals surface area contributed by atoms with E-state index in [-0.39, 0.29) is 25.5 Å². The topological polar surface area (TPSA) is 77.7 Å². The molecule has 0 aliphatic heterocycles. The maximum absolute atomic E-state index is 13.8. The third-order valence-corrected chi connectivity index (χ3v) is 7.36. The van der Waals surface area contributed by atoms with Crippen LogP contribution in [0.5, 0.6) is 0 Å². The van der Waals surface area contributed by atoms with E-state index < -0.39 is 17.8 Å². The van der Waals surface area contributed by atoms with Gasteiger partial charge in [0.2, 0.25) is 5.91 Å². The number of anilines is 1. The monoisotopic (exact) mass is 594 g/mol. The summed E-state index contributed by atoms with van der Waals surface area (Å²) in [6.45, 7) is 2.92. The number of methoxy groups -OCH3 is 1. The highest BCUT2D eigenvalue weighted by Gasteiger charge is 2.30. The van der Waals surface area contributed by atoms with Gasteiger partial charge in [0.15, 0.2) is 0 Å². The second kappa shape index (κ2) is 14.7. The highest BCUT2D eigenvalue weighted by molar-refractivity contribution is 5.93. The van der Waals surface area contributed by atoms with Crippen LogP contribution in [0.15, 0.2) is 79.0 Å². The van der Waals surface area contributed by atoms with Gasteiger partial charge in [-0.2, -0.15) is 13.2 Å². The Bertz CT molecular complexity index is 1500. The third-order valence-electron chi connectivity index (χ3n) is 7.36. The maximum Gasteiger partial charge on any atom is 0.416 e. The first-order chi connectivity index (χ1) is 20.7. The molecule has 0 saturated carbocycles. The number of ether oxygens (including phenoxy) is 1. The number of nitrogens with zero attached hydrogens (tertiary/aromatic N) is 2. The van der Waals surface area contributed by atoms with E-state index in [0.29, 0.717) is 37.2 Å². The van der Waals surface area contributed by atoms with Crippen LogP contribution in [0.2, 0.25) is 0 Å². The number of aryl methyl sites for hydroxylation is 1. The van der Waals surface area contributed by atoms with Gasteiger partial charge in [-0.15, -0.1) is 0 Å². The number of aromatic amines is 1. The number of carbonyl (C=O) groups is 2. The lowest BCUT2D eigenvalue weighted by atomic mass is 10.1. The summed E-state index contributed by atoms with van der Waals surface area (Å²) in [4.78, 5) is 33.5. The lowest BCUT2D eigenvalue weighted by Crippen LogP contribution is -2.45. The summed E-state index contributed by atoms with van der Waals surface area (Å²) >= 11 is 0. The molecule has 0 radical (unpaired) electrons. The van der Waals surface area contributed by atoms with Gasteiger partial charge in [-0.05, 0) is 60.2 Å². The molecule has 0 aliphatic carbocycles. The van der Waals surface area contributed by atoms with E-state index in [0.717, 1.165) is 40.6 Å². The summed E-state index contributed by atoms with van der Waals surface area (Å²) in [5, 5.41) is 3.98. The summed E-state index contributed by atoms with van der Waals surface area (Å²) in [6, 6.07) is 19.8. The molecule has 0 saturated heterocycles. The van der Waals surface area contributed by atoms with E-state index in [1.165, 1.54) is 17.0 Å². The summed E-state index contributed by atoms with van der Waals surface area (Å²) in [6.07, 6.45) is -0.762. The Balaban J connectivity index is 1.54.